The lowest BCUT2D eigenvalue weighted by Gasteiger charge is -2.21. The Bertz CT molecular complexity index is 270. The van der Waals surface area contributed by atoms with Gasteiger partial charge in [0.25, 0.3) is 0 Å². The molecular weight excluding hydrogens is 210 g/mol. The summed E-state index contributed by atoms with van der Waals surface area (Å²) in [6, 6.07) is -0.572. The Morgan fingerprint density at radius 2 is 2.12 bits per heavy atom. The Balaban J connectivity index is 2.45. The molecule has 0 spiro atoms. The van der Waals surface area contributed by atoms with E-state index >= 15 is 0 Å². The van der Waals surface area contributed by atoms with E-state index in [1.165, 1.54) is 0 Å². The second-order valence-electron chi connectivity index (χ2n) is 4.86. The quantitative estimate of drug-likeness (QED) is 0.694. The molecule has 1 atom stereocenters. The van der Waals surface area contributed by atoms with Crippen LogP contribution in [0.1, 0.15) is 40.0 Å². The first kappa shape index (κ1) is 12.8. The third kappa shape index (κ3) is 4.51. The number of alkyl carbamates (subject to hydrolysis) is 1. The zero-order valence-corrected chi connectivity index (χ0v) is 10.0. The highest BCUT2D eigenvalue weighted by Crippen LogP contribution is 2.11. The van der Waals surface area contributed by atoms with Crippen LogP contribution >= 0.6 is 0 Å². The van der Waals surface area contributed by atoms with Crippen LogP contribution in [-0.4, -0.2) is 30.3 Å². The number of esters is 1. The van der Waals surface area contributed by atoms with Crippen LogP contribution in [0.4, 0.5) is 4.79 Å². The Morgan fingerprint density at radius 1 is 1.44 bits per heavy atom. The van der Waals surface area contributed by atoms with Gasteiger partial charge in [-0.2, -0.15) is 0 Å². The lowest BCUT2D eigenvalue weighted by Crippen LogP contribution is -2.43. The Hall–Kier alpha value is -1.26. The van der Waals surface area contributed by atoms with Crippen molar-refractivity contribution in [2.24, 2.45) is 0 Å². The van der Waals surface area contributed by atoms with E-state index in [1.54, 1.807) is 20.8 Å². The molecule has 1 aliphatic rings. The normalized spacial score (nSPS) is 21.9. The summed E-state index contributed by atoms with van der Waals surface area (Å²) in [6.45, 7) is 5.76. The lowest BCUT2D eigenvalue weighted by molar-refractivity contribution is -0.145. The fourth-order valence-electron chi connectivity index (χ4n) is 1.42. The first-order valence-corrected chi connectivity index (χ1v) is 5.54. The fraction of sp³-hybridized carbons (Fsp3) is 0.818. The number of nitrogens with one attached hydrogen (secondary N) is 1. The van der Waals surface area contributed by atoms with Crippen molar-refractivity contribution in [3.8, 4) is 0 Å². The minimum absolute atomic E-state index is 0.372. The predicted octanol–water partition coefficient (Wildman–Crippen LogP) is 1.61. The summed E-state index contributed by atoms with van der Waals surface area (Å²) < 4.78 is 10.0. The van der Waals surface area contributed by atoms with Gasteiger partial charge in [0.15, 0.2) is 0 Å². The van der Waals surface area contributed by atoms with Gasteiger partial charge in [0, 0.05) is 0 Å². The van der Waals surface area contributed by atoms with E-state index in [-0.39, 0.29) is 5.97 Å². The minimum atomic E-state index is -0.573. The number of ether oxygens (including phenoxy) is 2. The molecule has 5 nitrogen and oxygen atoms in total. The third-order valence-electron chi connectivity index (χ3n) is 2.11. The number of carbonyl (C=O) groups excluding carboxylic acids is 2. The van der Waals surface area contributed by atoms with Gasteiger partial charge in [0.1, 0.15) is 11.6 Å². The topological polar surface area (TPSA) is 64.6 Å². The van der Waals surface area contributed by atoms with Crippen LogP contribution < -0.4 is 5.32 Å². The van der Waals surface area contributed by atoms with Gasteiger partial charge in [-0.25, -0.2) is 9.59 Å². The van der Waals surface area contributed by atoms with E-state index in [2.05, 4.69) is 5.32 Å². The van der Waals surface area contributed by atoms with Crippen LogP contribution in [0.15, 0.2) is 0 Å². The Kier molecular flexibility index (Phi) is 4.15. The first-order chi connectivity index (χ1) is 7.38. The van der Waals surface area contributed by atoms with Crippen LogP contribution in [0, 0.1) is 0 Å². The minimum Gasteiger partial charge on any atom is -0.464 e. The van der Waals surface area contributed by atoms with Gasteiger partial charge in [-0.3, -0.25) is 0 Å². The van der Waals surface area contributed by atoms with Crippen LogP contribution in [0.2, 0.25) is 0 Å². The molecule has 1 fully saturated rings. The van der Waals surface area contributed by atoms with Crippen molar-refractivity contribution in [1.29, 1.82) is 0 Å². The smallest absolute Gasteiger partial charge is 0.408 e. The molecule has 1 aliphatic heterocycles. The fourth-order valence-corrected chi connectivity index (χ4v) is 1.42. The van der Waals surface area contributed by atoms with Crippen molar-refractivity contribution < 1.29 is 19.1 Å². The Morgan fingerprint density at radius 3 is 2.75 bits per heavy atom. The van der Waals surface area contributed by atoms with Crippen molar-refractivity contribution in [2.75, 3.05) is 6.61 Å². The van der Waals surface area contributed by atoms with Gasteiger partial charge in [0.2, 0.25) is 0 Å². The molecule has 0 aromatic rings. The van der Waals surface area contributed by atoms with E-state index in [1.807, 2.05) is 0 Å². The van der Waals surface area contributed by atoms with Gasteiger partial charge in [-0.1, -0.05) is 0 Å². The number of hydrogen-bond donors (Lipinski definition) is 1. The molecule has 0 aromatic carbocycles. The van der Waals surface area contributed by atoms with Crippen molar-refractivity contribution in [1.82, 2.24) is 5.32 Å². The van der Waals surface area contributed by atoms with E-state index in [4.69, 9.17) is 9.47 Å². The predicted molar refractivity (Wildman–Crippen MR) is 58.0 cm³/mol. The molecule has 1 amide bonds. The number of rotatable bonds is 1. The van der Waals surface area contributed by atoms with Crippen molar-refractivity contribution in [2.45, 2.75) is 51.7 Å². The third-order valence-corrected chi connectivity index (χ3v) is 2.11. The van der Waals surface area contributed by atoms with Crippen LogP contribution in [0.25, 0.3) is 0 Å². The van der Waals surface area contributed by atoms with Crippen molar-refractivity contribution in [3.63, 3.8) is 0 Å². The molecule has 0 radical (unpaired) electrons. The van der Waals surface area contributed by atoms with E-state index in [0.29, 0.717) is 13.0 Å². The molecule has 1 rings (SSSR count). The van der Waals surface area contributed by atoms with E-state index in [9.17, 15) is 9.59 Å². The molecular formula is C11H19NO4. The average molecular weight is 229 g/mol. The lowest BCUT2D eigenvalue weighted by atomic mass is 10.1. The maximum absolute atomic E-state index is 11.4. The standard InChI is InChI=1S/C11H19NO4/c1-11(2,3)16-10(14)12-8-6-4-5-7-15-9(8)13/h8H,4-7H2,1-3H3,(H,12,14). The average Bonchev–Trinajstić information content (AvgIpc) is 2.29. The van der Waals surface area contributed by atoms with Gasteiger partial charge in [-0.05, 0) is 40.0 Å². The number of hydrogen-bond acceptors (Lipinski definition) is 4. The first-order valence-electron chi connectivity index (χ1n) is 5.54. The summed E-state index contributed by atoms with van der Waals surface area (Å²) in [5, 5.41) is 2.53. The van der Waals surface area contributed by atoms with Crippen molar-refractivity contribution >= 4 is 12.1 Å². The molecule has 5 heteroatoms. The largest absolute Gasteiger partial charge is 0.464 e. The van der Waals surface area contributed by atoms with Crippen LogP contribution in [0.3, 0.4) is 0 Å². The van der Waals surface area contributed by atoms with E-state index in [0.717, 1.165) is 12.8 Å². The summed E-state index contributed by atoms with van der Waals surface area (Å²) >= 11 is 0. The molecule has 1 saturated heterocycles. The molecule has 1 N–H and O–H groups in total. The molecule has 1 heterocycles. The SMILES string of the molecule is CC(C)(C)OC(=O)NC1CCCCOC1=O. The summed E-state index contributed by atoms with van der Waals surface area (Å²) in [5.74, 6) is -0.372. The number of cyclic esters (lactones) is 1. The van der Waals surface area contributed by atoms with Gasteiger partial charge >= 0.3 is 12.1 Å². The molecule has 16 heavy (non-hydrogen) atoms. The zero-order chi connectivity index (χ0) is 12.2. The van der Waals surface area contributed by atoms with Gasteiger partial charge in [-0.15, -0.1) is 0 Å². The van der Waals surface area contributed by atoms with Gasteiger partial charge in [0.05, 0.1) is 6.61 Å². The monoisotopic (exact) mass is 229 g/mol. The van der Waals surface area contributed by atoms with Crippen molar-refractivity contribution in [3.05, 3.63) is 0 Å². The maximum Gasteiger partial charge on any atom is 0.408 e. The highest BCUT2D eigenvalue weighted by atomic mass is 16.6. The van der Waals surface area contributed by atoms with E-state index < -0.39 is 17.7 Å². The van der Waals surface area contributed by atoms with Crippen LogP contribution in [-0.2, 0) is 14.3 Å². The number of carbonyl (C=O) groups is 2. The zero-order valence-electron chi connectivity index (χ0n) is 10.0. The highest BCUT2D eigenvalue weighted by Gasteiger charge is 2.26. The van der Waals surface area contributed by atoms with Gasteiger partial charge < -0.3 is 14.8 Å². The summed E-state index contributed by atoms with van der Waals surface area (Å²) in [6.07, 6.45) is 1.75. The number of amides is 1. The maximum atomic E-state index is 11.4. The second kappa shape index (κ2) is 5.18. The Labute approximate surface area is 95.5 Å². The summed E-state index contributed by atoms with van der Waals surface area (Å²) in [5.41, 5.74) is -0.557. The highest BCUT2D eigenvalue weighted by molar-refractivity contribution is 5.81. The molecule has 0 aromatic heterocycles. The summed E-state index contributed by atoms with van der Waals surface area (Å²) in [7, 11) is 0. The second-order valence-corrected chi connectivity index (χ2v) is 4.86. The van der Waals surface area contributed by atoms with Crippen LogP contribution in [0.5, 0.6) is 0 Å². The molecule has 92 valence electrons. The molecule has 1 unspecified atom stereocenters. The summed E-state index contributed by atoms with van der Waals surface area (Å²) in [4.78, 5) is 22.9. The molecule has 0 saturated carbocycles. The molecule has 0 bridgehead atoms. The molecule has 0 aliphatic carbocycles.